The number of carbonyl (C=O) groups excluding carboxylic acids is 2. The number of aliphatic hydroxyl groups excluding tert-OH is 1. The molecular formula is C28H49ClN2O5. The zero-order valence-corrected chi connectivity index (χ0v) is 24.1. The summed E-state index contributed by atoms with van der Waals surface area (Å²) < 4.78 is 10.6. The van der Waals surface area contributed by atoms with Gasteiger partial charge in [0, 0.05) is 12.6 Å². The van der Waals surface area contributed by atoms with Gasteiger partial charge in [-0.1, -0.05) is 60.1 Å². The molecule has 0 bridgehead atoms. The van der Waals surface area contributed by atoms with Crippen molar-refractivity contribution in [3.05, 3.63) is 29.3 Å². The molecule has 4 N–H and O–H groups in total. The van der Waals surface area contributed by atoms with E-state index in [0.29, 0.717) is 37.0 Å². The first-order valence-electron chi connectivity index (χ1n) is 12.9. The highest BCUT2D eigenvalue weighted by molar-refractivity contribution is 5.85. The summed E-state index contributed by atoms with van der Waals surface area (Å²) in [7, 11) is 1.35. The fourth-order valence-corrected chi connectivity index (χ4v) is 4.04. The topological polar surface area (TPSA) is 111 Å². The van der Waals surface area contributed by atoms with Crippen LogP contribution in [0.1, 0.15) is 84.8 Å². The molecule has 1 amide bonds. The number of nitrogens with two attached hydrogens (primary N) is 1. The van der Waals surface area contributed by atoms with Crippen LogP contribution in [0.5, 0.6) is 5.75 Å². The summed E-state index contributed by atoms with van der Waals surface area (Å²) in [5.74, 6) is 0.705. The Kier molecular flexibility index (Phi) is 16.0. The molecule has 8 heteroatoms. The number of ether oxygens (including phenoxy) is 2. The SMILES string of the molecule is CCCCNC(=O)[C@@H](O)CC[C@H](N)C[C@H](Cc1ccc(C(C)(C)C)c(OCC(=O)OC)c1)C(C)C.Cl. The molecule has 1 aromatic rings. The van der Waals surface area contributed by atoms with Gasteiger partial charge in [-0.2, -0.15) is 0 Å². The Bertz CT molecular complexity index is 795. The molecular weight excluding hydrogens is 480 g/mol. The fourth-order valence-electron chi connectivity index (χ4n) is 4.04. The fraction of sp³-hybridized carbons (Fsp3) is 0.714. The Morgan fingerprint density at radius 1 is 1.17 bits per heavy atom. The van der Waals surface area contributed by atoms with E-state index >= 15 is 0 Å². The molecule has 0 aliphatic carbocycles. The second-order valence-electron chi connectivity index (χ2n) is 10.9. The minimum Gasteiger partial charge on any atom is -0.482 e. The highest BCUT2D eigenvalue weighted by Gasteiger charge is 2.23. The van der Waals surface area contributed by atoms with E-state index in [1.807, 2.05) is 6.07 Å². The molecule has 0 radical (unpaired) electrons. The summed E-state index contributed by atoms with van der Waals surface area (Å²) in [6.45, 7) is 13.2. The zero-order valence-electron chi connectivity index (χ0n) is 23.3. The molecule has 3 atom stereocenters. The average Bonchev–Trinajstić information content (AvgIpc) is 2.79. The van der Waals surface area contributed by atoms with Gasteiger partial charge in [0.05, 0.1) is 7.11 Å². The number of methoxy groups -OCH3 is 1. The third-order valence-electron chi connectivity index (χ3n) is 6.42. The summed E-state index contributed by atoms with van der Waals surface area (Å²) in [5, 5.41) is 12.9. The van der Waals surface area contributed by atoms with Crippen LogP contribution < -0.4 is 15.8 Å². The van der Waals surface area contributed by atoms with Crippen LogP contribution in [0.4, 0.5) is 0 Å². The Morgan fingerprint density at radius 2 is 1.83 bits per heavy atom. The summed E-state index contributed by atoms with van der Waals surface area (Å²) in [5.41, 5.74) is 8.45. The summed E-state index contributed by atoms with van der Waals surface area (Å²) in [6.07, 6.45) is 3.44. The molecule has 208 valence electrons. The number of unbranched alkanes of at least 4 members (excludes halogenated alkanes) is 1. The van der Waals surface area contributed by atoms with Crippen molar-refractivity contribution in [2.45, 2.75) is 97.6 Å². The monoisotopic (exact) mass is 528 g/mol. The number of hydrogen-bond donors (Lipinski definition) is 3. The van der Waals surface area contributed by atoms with E-state index in [1.54, 1.807) is 0 Å². The van der Waals surface area contributed by atoms with Gasteiger partial charge >= 0.3 is 5.97 Å². The lowest BCUT2D eigenvalue weighted by Gasteiger charge is -2.27. The normalized spacial score (nSPS) is 13.9. The quantitative estimate of drug-likeness (QED) is 0.227. The third kappa shape index (κ3) is 12.4. The Morgan fingerprint density at radius 3 is 2.39 bits per heavy atom. The number of halogens is 1. The first-order chi connectivity index (χ1) is 16.4. The molecule has 7 nitrogen and oxygen atoms in total. The lowest BCUT2D eigenvalue weighted by Crippen LogP contribution is -2.36. The van der Waals surface area contributed by atoms with Crippen LogP contribution in [-0.4, -0.2) is 49.4 Å². The van der Waals surface area contributed by atoms with Gasteiger partial charge in [0.15, 0.2) is 6.61 Å². The highest BCUT2D eigenvalue weighted by atomic mass is 35.5. The molecule has 0 aliphatic heterocycles. The highest BCUT2D eigenvalue weighted by Crippen LogP contribution is 2.34. The molecule has 0 unspecified atom stereocenters. The minimum absolute atomic E-state index is 0. The predicted molar refractivity (Wildman–Crippen MR) is 148 cm³/mol. The van der Waals surface area contributed by atoms with Gasteiger partial charge in [-0.05, 0) is 66.5 Å². The molecule has 0 aliphatic rings. The number of nitrogens with one attached hydrogen (secondary N) is 1. The molecule has 1 rings (SSSR count). The zero-order chi connectivity index (χ0) is 26.6. The number of amides is 1. The van der Waals surface area contributed by atoms with Crippen molar-refractivity contribution in [2.75, 3.05) is 20.3 Å². The Labute approximate surface area is 224 Å². The van der Waals surface area contributed by atoms with E-state index in [0.717, 1.165) is 36.8 Å². The molecule has 0 saturated heterocycles. The van der Waals surface area contributed by atoms with E-state index in [4.69, 9.17) is 15.2 Å². The van der Waals surface area contributed by atoms with Crippen LogP contribution >= 0.6 is 12.4 Å². The average molecular weight is 529 g/mol. The van der Waals surface area contributed by atoms with Gasteiger partial charge in [-0.25, -0.2) is 4.79 Å². The van der Waals surface area contributed by atoms with E-state index in [2.05, 4.69) is 59.0 Å². The lowest BCUT2D eigenvalue weighted by atomic mass is 9.81. The number of benzene rings is 1. The Balaban J connectivity index is 0.0000122. The van der Waals surface area contributed by atoms with Crippen molar-refractivity contribution >= 4 is 24.3 Å². The maximum Gasteiger partial charge on any atom is 0.343 e. The van der Waals surface area contributed by atoms with Crippen molar-refractivity contribution in [3.8, 4) is 5.75 Å². The number of rotatable bonds is 15. The van der Waals surface area contributed by atoms with E-state index in [-0.39, 0.29) is 36.4 Å². The molecule has 0 saturated carbocycles. The minimum atomic E-state index is -1.02. The Hall–Kier alpha value is -1.83. The van der Waals surface area contributed by atoms with Gasteiger partial charge in [0.25, 0.3) is 0 Å². The van der Waals surface area contributed by atoms with Crippen LogP contribution in [0.2, 0.25) is 0 Å². The van der Waals surface area contributed by atoms with Gasteiger partial charge in [-0.3, -0.25) is 4.79 Å². The molecule has 0 spiro atoms. The second kappa shape index (κ2) is 16.8. The van der Waals surface area contributed by atoms with Crippen molar-refractivity contribution in [1.29, 1.82) is 0 Å². The first-order valence-corrected chi connectivity index (χ1v) is 12.9. The first kappa shape index (κ1) is 34.2. The summed E-state index contributed by atoms with van der Waals surface area (Å²) in [6, 6.07) is 6.11. The van der Waals surface area contributed by atoms with Crippen LogP contribution in [-0.2, 0) is 26.2 Å². The maximum absolute atomic E-state index is 12.0. The van der Waals surface area contributed by atoms with E-state index < -0.39 is 12.1 Å². The largest absolute Gasteiger partial charge is 0.482 e. The lowest BCUT2D eigenvalue weighted by molar-refractivity contribution is -0.143. The van der Waals surface area contributed by atoms with Crippen molar-refractivity contribution in [1.82, 2.24) is 5.32 Å². The van der Waals surface area contributed by atoms with Gasteiger partial charge in [0.2, 0.25) is 5.91 Å². The number of hydrogen-bond acceptors (Lipinski definition) is 6. The molecule has 1 aromatic carbocycles. The summed E-state index contributed by atoms with van der Waals surface area (Å²) in [4.78, 5) is 23.6. The van der Waals surface area contributed by atoms with Crippen molar-refractivity contribution < 1.29 is 24.2 Å². The molecule has 0 aromatic heterocycles. The summed E-state index contributed by atoms with van der Waals surface area (Å²) >= 11 is 0. The maximum atomic E-state index is 12.0. The molecule has 0 heterocycles. The van der Waals surface area contributed by atoms with Gasteiger partial charge in [0.1, 0.15) is 11.9 Å². The predicted octanol–water partition coefficient (Wildman–Crippen LogP) is 4.55. The second-order valence-corrected chi connectivity index (χ2v) is 10.9. The van der Waals surface area contributed by atoms with Crippen LogP contribution in [0.3, 0.4) is 0 Å². The van der Waals surface area contributed by atoms with Crippen molar-refractivity contribution in [2.24, 2.45) is 17.6 Å². The number of aliphatic hydroxyl groups is 1. The third-order valence-corrected chi connectivity index (χ3v) is 6.42. The van der Waals surface area contributed by atoms with E-state index in [1.165, 1.54) is 7.11 Å². The standard InChI is InChI=1S/C28H48N2O5.ClH/c1-8-9-14-30-27(33)24(31)13-11-22(29)17-21(19(2)3)15-20-10-12-23(28(4,5)6)25(16-20)35-18-26(32)34-7;/h10,12,16,19,21-22,24,31H,8-9,11,13-15,17-18,29H2,1-7H3,(H,30,33);1H/t21-,22-,24-;/m0./s1. The van der Waals surface area contributed by atoms with E-state index in [9.17, 15) is 14.7 Å². The molecule has 36 heavy (non-hydrogen) atoms. The number of esters is 1. The van der Waals surface area contributed by atoms with Crippen molar-refractivity contribution in [3.63, 3.8) is 0 Å². The smallest absolute Gasteiger partial charge is 0.343 e. The van der Waals surface area contributed by atoms with Gasteiger partial charge in [-0.15, -0.1) is 12.4 Å². The van der Waals surface area contributed by atoms with Crippen LogP contribution in [0.15, 0.2) is 18.2 Å². The number of carbonyl (C=O) groups is 2. The van der Waals surface area contributed by atoms with Gasteiger partial charge < -0.3 is 25.6 Å². The molecule has 0 fully saturated rings. The van der Waals surface area contributed by atoms with Crippen LogP contribution in [0.25, 0.3) is 0 Å². The van der Waals surface area contributed by atoms with Crippen LogP contribution in [0, 0.1) is 11.8 Å².